The van der Waals surface area contributed by atoms with Gasteiger partial charge in [-0.25, -0.2) is 12.8 Å². The maximum atomic E-state index is 13.2. The van der Waals surface area contributed by atoms with Gasteiger partial charge in [-0.15, -0.1) is 0 Å². The second-order valence-corrected chi connectivity index (χ2v) is 9.75. The van der Waals surface area contributed by atoms with Crippen molar-refractivity contribution in [1.82, 2.24) is 10.2 Å². The predicted molar refractivity (Wildman–Crippen MR) is 108 cm³/mol. The Hall–Kier alpha value is -2.49. The minimum Gasteiger partial charge on any atom is -0.481 e. The molecule has 1 N–H and O–H groups in total. The van der Waals surface area contributed by atoms with Crippen LogP contribution in [0, 0.1) is 11.7 Å². The Morgan fingerprint density at radius 2 is 2.00 bits per heavy atom. The molecule has 0 radical (unpaired) electrons. The number of hydrogen-bond donors (Lipinski definition) is 1. The van der Waals surface area contributed by atoms with E-state index in [0.717, 1.165) is 12.3 Å². The average molecular weight is 443 g/mol. The molecule has 0 bridgehead atoms. The van der Waals surface area contributed by atoms with Gasteiger partial charge in [0.05, 0.1) is 0 Å². The molecule has 1 aromatic rings. The van der Waals surface area contributed by atoms with Crippen LogP contribution >= 0.6 is 0 Å². The molecular weight excluding hydrogens is 415 g/mol. The zero-order chi connectivity index (χ0) is 22.5. The van der Waals surface area contributed by atoms with E-state index in [-0.39, 0.29) is 18.2 Å². The van der Waals surface area contributed by atoms with E-state index < -0.39 is 51.2 Å². The number of nitrogens with zero attached hydrogens (tertiary/aromatic N) is 1. The third kappa shape index (κ3) is 7.08. The first-order chi connectivity index (χ1) is 14.0. The minimum absolute atomic E-state index is 0.128. The number of ether oxygens (including phenoxy) is 1. The molecule has 166 valence electrons. The summed E-state index contributed by atoms with van der Waals surface area (Å²) >= 11 is 0. The van der Waals surface area contributed by atoms with Gasteiger partial charge in [-0.3, -0.25) is 14.4 Å². The van der Waals surface area contributed by atoms with Crippen LogP contribution in [0.5, 0.6) is 5.75 Å². The number of benzene rings is 1. The fraction of sp³-hybridized carbons (Fsp3) is 0.550. The van der Waals surface area contributed by atoms with Crippen molar-refractivity contribution >= 4 is 27.4 Å². The molecule has 8 nitrogen and oxygen atoms in total. The Labute approximate surface area is 175 Å². The van der Waals surface area contributed by atoms with Gasteiger partial charge in [0.2, 0.25) is 5.91 Å². The van der Waals surface area contributed by atoms with Crippen LogP contribution in [-0.4, -0.2) is 68.2 Å². The van der Waals surface area contributed by atoms with Gasteiger partial charge in [-0.2, -0.15) is 0 Å². The summed E-state index contributed by atoms with van der Waals surface area (Å²) in [4.78, 5) is 38.7. The summed E-state index contributed by atoms with van der Waals surface area (Å²) in [5.41, 5.74) is 0. The monoisotopic (exact) mass is 442 g/mol. The van der Waals surface area contributed by atoms with Crippen molar-refractivity contribution in [2.24, 2.45) is 5.92 Å². The van der Waals surface area contributed by atoms with E-state index in [9.17, 15) is 27.2 Å². The van der Waals surface area contributed by atoms with Gasteiger partial charge in [-0.05, 0) is 38.8 Å². The number of sulfone groups is 1. The fourth-order valence-corrected chi connectivity index (χ4v) is 4.03. The minimum atomic E-state index is -3.43. The molecule has 2 amide bonds. The van der Waals surface area contributed by atoms with Crippen molar-refractivity contribution in [3.63, 3.8) is 0 Å². The number of ketones is 1. The first-order valence-corrected chi connectivity index (χ1v) is 11.7. The zero-order valence-corrected chi connectivity index (χ0v) is 18.1. The number of halogens is 1. The van der Waals surface area contributed by atoms with Gasteiger partial charge in [0.25, 0.3) is 5.91 Å². The Kier molecular flexibility index (Phi) is 7.94. The standard InChI is InChI=1S/C20H27FN2O6S/c1-13(22-19(25)14(2)29-17-8-4-7-16(21)10-17)20(26)23-9-5-6-15(11-23)18(24)12-30(3,27)28/h4,7-8,10,13-15H,5-6,9,11-12H2,1-3H3,(H,22,25)/t13-,14-,15+/m1/s1. The molecule has 1 saturated heterocycles. The van der Waals surface area contributed by atoms with Crippen LogP contribution in [-0.2, 0) is 24.2 Å². The highest BCUT2D eigenvalue weighted by Crippen LogP contribution is 2.19. The van der Waals surface area contributed by atoms with Crippen molar-refractivity contribution in [3.8, 4) is 5.75 Å². The first-order valence-electron chi connectivity index (χ1n) is 9.68. The summed E-state index contributed by atoms with van der Waals surface area (Å²) in [6.45, 7) is 3.56. The summed E-state index contributed by atoms with van der Waals surface area (Å²) in [6, 6.07) is 4.52. The number of likely N-dealkylation sites (tertiary alicyclic amines) is 1. The largest absolute Gasteiger partial charge is 0.481 e. The Morgan fingerprint density at radius 1 is 1.30 bits per heavy atom. The second kappa shape index (κ2) is 10.0. The zero-order valence-electron chi connectivity index (χ0n) is 17.3. The molecule has 1 fully saturated rings. The topological polar surface area (TPSA) is 110 Å². The first kappa shape index (κ1) is 23.8. The summed E-state index contributed by atoms with van der Waals surface area (Å²) in [6.07, 6.45) is 1.15. The second-order valence-electron chi connectivity index (χ2n) is 7.61. The van der Waals surface area contributed by atoms with Gasteiger partial charge in [0.1, 0.15) is 23.4 Å². The van der Waals surface area contributed by atoms with E-state index in [4.69, 9.17) is 4.74 Å². The lowest BCUT2D eigenvalue weighted by Gasteiger charge is -2.34. The van der Waals surface area contributed by atoms with Crippen LogP contribution in [0.4, 0.5) is 4.39 Å². The summed E-state index contributed by atoms with van der Waals surface area (Å²) in [7, 11) is -3.43. The highest BCUT2D eigenvalue weighted by atomic mass is 32.2. The van der Waals surface area contributed by atoms with E-state index in [0.29, 0.717) is 19.4 Å². The van der Waals surface area contributed by atoms with Gasteiger partial charge >= 0.3 is 0 Å². The van der Waals surface area contributed by atoms with E-state index in [2.05, 4.69) is 5.32 Å². The Bertz CT molecular complexity index is 904. The molecule has 1 heterocycles. The third-order valence-electron chi connectivity index (χ3n) is 4.80. The fourth-order valence-electron chi connectivity index (χ4n) is 3.28. The van der Waals surface area contributed by atoms with Crippen LogP contribution in [0.15, 0.2) is 24.3 Å². The molecule has 30 heavy (non-hydrogen) atoms. The highest BCUT2D eigenvalue weighted by Gasteiger charge is 2.32. The SMILES string of the molecule is C[C@@H](NC(=O)[C@@H](C)Oc1cccc(F)c1)C(=O)N1CCC[C@H](C(=O)CS(C)(=O)=O)C1. The molecule has 0 aliphatic carbocycles. The maximum absolute atomic E-state index is 13.2. The Balaban J connectivity index is 1.91. The summed E-state index contributed by atoms with van der Waals surface area (Å²) in [5.74, 6) is -2.67. The number of hydrogen-bond acceptors (Lipinski definition) is 6. The van der Waals surface area contributed by atoms with Gasteiger partial charge in [0.15, 0.2) is 21.7 Å². The number of carbonyl (C=O) groups is 3. The normalized spacial score (nSPS) is 18.9. The van der Waals surface area contributed by atoms with Gasteiger partial charge in [-0.1, -0.05) is 6.07 Å². The van der Waals surface area contributed by atoms with Crippen LogP contribution in [0.2, 0.25) is 0 Å². The molecule has 0 aromatic heterocycles. The maximum Gasteiger partial charge on any atom is 0.261 e. The van der Waals surface area contributed by atoms with Crippen LogP contribution in [0.1, 0.15) is 26.7 Å². The average Bonchev–Trinajstić information content (AvgIpc) is 2.66. The van der Waals surface area contributed by atoms with Crippen molar-refractivity contribution in [1.29, 1.82) is 0 Å². The predicted octanol–water partition coefficient (Wildman–Crippen LogP) is 0.950. The lowest BCUT2D eigenvalue weighted by molar-refractivity contribution is -0.140. The molecule has 1 aliphatic rings. The number of piperidine rings is 1. The van der Waals surface area contributed by atoms with E-state index in [1.54, 1.807) is 0 Å². The molecule has 1 aromatic carbocycles. The van der Waals surface area contributed by atoms with Crippen LogP contribution in [0.3, 0.4) is 0 Å². The van der Waals surface area contributed by atoms with Gasteiger partial charge in [0, 0.05) is 31.3 Å². The van der Waals surface area contributed by atoms with E-state index in [1.165, 1.54) is 36.9 Å². The van der Waals surface area contributed by atoms with Crippen LogP contribution in [0.25, 0.3) is 0 Å². The van der Waals surface area contributed by atoms with Crippen molar-refractivity contribution in [2.75, 3.05) is 25.1 Å². The number of carbonyl (C=O) groups excluding carboxylic acids is 3. The molecule has 0 spiro atoms. The molecule has 10 heteroatoms. The lowest BCUT2D eigenvalue weighted by atomic mass is 9.94. The molecule has 2 rings (SSSR count). The molecular formula is C20H27FN2O6S. The van der Waals surface area contributed by atoms with E-state index in [1.807, 2.05) is 0 Å². The summed E-state index contributed by atoms with van der Waals surface area (Å²) in [5, 5.41) is 2.56. The van der Waals surface area contributed by atoms with Crippen LogP contribution < -0.4 is 10.1 Å². The summed E-state index contributed by atoms with van der Waals surface area (Å²) < 4.78 is 41.4. The molecule has 0 unspecified atom stereocenters. The molecule has 3 atom stereocenters. The van der Waals surface area contributed by atoms with Gasteiger partial charge < -0.3 is 15.0 Å². The smallest absolute Gasteiger partial charge is 0.261 e. The number of rotatable bonds is 8. The van der Waals surface area contributed by atoms with E-state index >= 15 is 0 Å². The number of nitrogens with one attached hydrogen (secondary N) is 1. The number of Topliss-reactive ketones (excluding diaryl/α,β-unsaturated/α-hetero) is 1. The molecule has 0 saturated carbocycles. The van der Waals surface area contributed by atoms with Crippen molar-refractivity contribution in [3.05, 3.63) is 30.1 Å². The third-order valence-corrected chi connectivity index (χ3v) is 5.61. The van der Waals surface area contributed by atoms with Crippen molar-refractivity contribution in [2.45, 2.75) is 38.8 Å². The molecule has 1 aliphatic heterocycles. The quantitative estimate of drug-likeness (QED) is 0.642. The highest BCUT2D eigenvalue weighted by molar-refractivity contribution is 7.91. The Morgan fingerprint density at radius 3 is 2.63 bits per heavy atom. The number of amides is 2. The van der Waals surface area contributed by atoms with Crippen molar-refractivity contribution < 1.29 is 31.9 Å². The lowest BCUT2D eigenvalue weighted by Crippen LogP contribution is -2.53.